The summed E-state index contributed by atoms with van der Waals surface area (Å²) in [7, 11) is 3.09. The van der Waals surface area contributed by atoms with Crippen molar-refractivity contribution >= 4 is 22.6 Å². The summed E-state index contributed by atoms with van der Waals surface area (Å²) < 4.78 is 15.8. The first-order valence-electron chi connectivity index (χ1n) is 9.20. The summed E-state index contributed by atoms with van der Waals surface area (Å²) in [6.45, 7) is 1.86. The highest BCUT2D eigenvalue weighted by molar-refractivity contribution is 5.99. The molecule has 6 nitrogen and oxygen atoms in total. The zero-order valence-electron chi connectivity index (χ0n) is 16.6. The lowest BCUT2D eigenvalue weighted by Crippen LogP contribution is -2.35. The maximum absolute atomic E-state index is 12.6. The van der Waals surface area contributed by atoms with Crippen molar-refractivity contribution in [2.24, 2.45) is 0 Å². The van der Waals surface area contributed by atoms with Gasteiger partial charge in [0, 0.05) is 6.54 Å². The van der Waals surface area contributed by atoms with Crippen LogP contribution >= 0.6 is 0 Å². The monoisotopic (exact) mass is 393 g/mol. The molecule has 150 valence electrons. The van der Waals surface area contributed by atoms with E-state index in [1.165, 1.54) is 14.0 Å². The van der Waals surface area contributed by atoms with Crippen LogP contribution < -0.4 is 14.8 Å². The molecule has 0 saturated carbocycles. The van der Waals surface area contributed by atoms with Gasteiger partial charge in [-0.15, -0.1) is 0 Å². The van der Waals surface area contributed by atoms with E-state index in [-0.39, 0.29) is 11.5 Å². The summed E-state index contributed by atoms with van der Waals surface area (Å²) >= 11 is 0. The molecule has 0 aliphatic rings. The Balaban J connectivity index is 1.64. The molecular weight excluding hydrogens is 370 g/mol. The number of methoxy groups -OCH3 is 2. The van der Waals surface area contributed by atoms with E-state index in [1.54, 1.807) is 19.2 Å². The van der Waals surface area contributed by atoms with Crippen LogP contribution in [0.3, 0.4) is 0 Å². The highest BCUT2D eigenvalue weighted by atomic mass is 16.5. The lowest BCUT2D eigenvalue weighted by Gasteiger charge is -2.15. The minimum Gasteiger partial charge on any atom is -0.497 e. The number of amides is 1. The SMILES string of the molecule is COc1ccc(CNC(=O)[C@H](C)OC(=O)c2cc3ccccc3cc2OC)cc1. The van der Waals surface area contributed by atoms with E-state index in [0.717, 1.165) is 22.1 Å². The van der Waals surface area contributed by atoms with Crippen molar-refractivity contribution in [2.45, 2.75) is 19.6 Å². The molecule has 0 spiro atoms. The fourth-order valence-corrected chi connectivity index (χ4v) is 2.90. The second-order valence-corrected chi connectivity index (χ2v) is 6.51. The van der Waals surface area contributed by atoms with Crippen LogP contribution in [0.2, 0.25) is 0 Å². The maximum Gasteiger partial charge on any atom is 0.342 e. The Morgan fingerprint density at radius 3 is 2.21 bits per heavy atom. The summed E-state index contributed by atoms with van der Waals surface area (Å²) in [4.78, 5) is 25.0. The van der Waals surface area contributed by atoms with E-state index in [1.807, 2.05) is 48.5 Å². The van der Waals surface area contributed by atoms with E-state index in [2.05, 4.69) is 5.32 Å². The second kappa shape index (κ2) is 9.10. The van der Waals surface area contributed by atoms with E-state index in [9.17, 15) is 9.59 Å². The topological polar surface area (TPSA) is 73.9 Å². The number of hydrogen-bond donors (Lipinski definition) is 1. The van der Waals surface area contributed by atoms with Crippen LogP contribution in [0.15, 0.2) is 60.7 Å². The minimum atomic E-state index is -0.947. The largest absolute Gasteiger partial charge is 0.497 e. The molecule has 1 N–H and O–H groups in total. The Hall–Kier alpha value is -3.54. The van der Waals surface area contributed by atoms with Crippen LogP contribution in [0.4, 0.5) is 0 Å². The zero-order valence-corrected chi connectivity index (χ0v) is 16.6. The second-order valence-electron chi connectivity index (χ2n) is 6.51. The van der Waals surface area contributed by atoms with Crippen molar-refractivity contribution in [1.29, 1.82) is 0 Å². The van der Waals surface area contributed by atoms with Gasteiger partial charge in [0.1, 0.15) is 17.1 Å². The molecule has 29 heavy (non-hydrogen) atoms. The smallest absolute Gasteiger partial charge is 0.342 e. The third-order valence-electron chi connectivity index (χ3n) is 4.57. The molecular formula is C23H23NO5. The molecule has 3 rings (SSSR count). The molecule has 6 heteroatoms. The van der Waals surface area contributed by atoms with Gasteiger partial charge in [-0.05, 0) is 47.5 Å². The molecule has 0 heterocycles. The standard InChI is InChI=1S/C23H23NO5/c1-15(22(25)24-14-16-8-10-19(27-2)11-9-16)29-23(26)20-12-17-6-4-5-7-18(17)13-21(20)28-3/h4-13,15H,14H2,1-3H3,(H,24,25)/t15-/m0/s1. The molecule has 1 amide bonds. The number of ether oxygens (including phenoxy) is 3. The Morgan fingerprint density at radius 1 is 0.931 bits per heavy atom. The van der Waals surface area contributed by atoms with Gasteiger partial charge in [-0.25, -0.2) is 4.79 Å². The van der Waals surface area contributed by atoms with E-state index >= 15 is 0 Å². The lowest BCUT2D eigenvalue weighted by atomic mass is 10.1. The predicted molar refractivity (Wildman–Crippen MR) is 110 cm³/mol. The fraction of sp³-hybridized carbons (Fsp3) is 0.217. The summed E-state index contributed by atoms with van der Waals surface area (Å²) in [5.74, 6) is 0.153. The normalized spacial score (nSPS) is 11.6. The Bertz CT molecular complexity index is 1010. The first kappa shape index (κ1) is 20.2. The summed E-state index contributed by atoms with van der Waals surface area (Å²) in [6.07, 6.45) is -0.947. The van der Waals surface area contributed by atoms with E-state index < -0.39 is 12.1 Å². The molecule has 0 bridgehead atoms. The molecule has 0 saturated heterocycles. The molecule has 0 aromatic heterocycles. The summed E-state index contributed by atoms with van der Waals surface area (Å²) in [5.41, 5.74) is 1.19. The molecule has 0 unspecified atom stereocenters. The van der Waals surface area contributed by atoms with Crippen molar-refractivity contribution in [3.8, 4) is 11.5 Å². The van der Waals surface area contributed by atoms with Crippen molar-refractivity contribution < 1.29 is 23.8 Å². The van der Waals surface area contributed by atoms with E-state index in [0.29, 0.717) is 12.3 Å². The highest BCUT2D eigenvalue weighted by Gasteiger charge is 2.21. The number of benzene rings is 3. The van der Waals surface area contributed by atoms with Gasteiger partial charge in [0.05, 0.1) is 14.2 Å². The van der Waals surface area contributed by atoms with Crippen LogP contribution in [0.25, 0.3) is 10.8 Å². The van der Waals surface area contributed by atoms with Crippen LogP contribution in [0, 0.1) is 0 Å². The highest BCUT2D eigenvalue weighted by Crippen LogP contribution is 2.27. The van der Waals surface area contributed by atoms with Gasteiger partial charge in [0.2, 0.25) is 0 Å². The molecule has 1 atom stereocenters. The van der Waals surface area contributed by atoms with Crippen molar-refractivity contribution in [1.82, 2.24) is 5.32 Å². The van der Waals surface area contributed by atoms with Gasteiger partial charge < -0.3 is 19.5 Å². The van der Waals surface area contributed by atoms with Crippen molar-refractivity contribution in [3.05, 3.63) is 71.8 Å². The van der Waals surface area contributed by atoms with Crippen LogP contribution in [0.1, 0.15) is 22.8 Å². The Morgan fingerprint density at radius 2 is 1.59 bits per heavy atom. The fourth-order valence-electron chi connectivity index (χ4n) is 2.90. The lowest BCUT2D eigenvalue weighted by molar-refractivity contribution is -0.129. The zero-order chi connectivity index (χ0) is 20.8. The summed E-state index contributed by atoms with van der Waals surface area (Å²) in [6, 6.07) is 18.5. The number of esters is 1. The van der Waals surface area contributed by atoms with Crippen molar-refractivity contribution in [2.75, 3.05) is 14.2 Å². The predicted octanol–water partition coefficient (Wildman–Crippen LogP) is 3.72. The molecule has 0 fully saturated rings. The third-order valence-corrected chi connectivity index (χ3v) is 4.57. The molecule has 0 aliphatic heterocycles. The number of carbonyl (C=O) groups is 2. The summed E-state index contributed by atoms with van der Waals surface area (Å²) in [5, 5.41) is 4.60. The Labute approximate surface area is 169 Å². The first-order valence-corrected chi connectivity index (χ1v) is 9.20. The first-order chi connectivity index (χ1) is 14.0. The Kier molecular flexibility index (Phi) is 6.34. The number of fused-ring (bicyclic) bond motifs is 1. The number of nitrogens with one attached hydrogen (secondary N) is 1. The minimum absolute atomic E-state index is 0.279. The van der Waals surface area contributed by atoms with Crippen LogP contribution in [0.5, 0.6) is 11.5 Å². The average molecular weight is 393 g/mol. The molecule has 3 aromatic carbocycles. The van der Waals surface area contributed by atoms with Crippen LogP contribution in [-0.4, -0.2) is 32.2 Å². The number of hydrogen-bond acceptors (Lipinski definition) is 5. The van der Waals surface area contributed by atoms with Crippen molar-refractivity contribution in [3.63, 3.8) is 0 Å². The van der Waals surface area contributed by atoms with Gasteiger partial charge >= 0.3 is 5.97 Å². The van der Waals surface area contributed by atoms with Gasteiger partial charge in [-0.3, -0.25) is 4.79 Å². The molecule has 0 radical (unpaired) electrons. The van der Waals surface area contributed by atoms with Gasteiger partial charge in [0.25, 0.3) is 5.91 Å². The maximum atomic E-state index is 12.6. The quantitative estimate of drug-likeness (QED) is 0.620. The number of carbonyl (C=O) groups excluding carboxylic acids is 2. The van der Waals surface area contributed by atoms with Crippen LogP contribution in [-0.2, 0) is 16.1 Å². The van der Waals surface area contributed by atoms with E-state index in [4.69, 9.17) is 14.2 Å². The third kappa shape index (κ3) is 4.85. The molecule has 0 aliphatic carbocycles. The van der Waals surface area contributed by atoms with Gasteiger partial charge in [0.15, 0.2) is 6.10 Å². The number of rotatable bonds is 7. The van der Waals surface area contributed by atoms with Gasteiger partial charge in [-0.1, -0.05) is 36.4 Å². The van der Waals surface area contributed by atoms with Gasteiger partial charge in [-0.2, -0.15) is 0 Å². The average Bonchev–Trinajstić information content (AvgIpc) is 2.76. The molecule has 3 aromatic rings.